The van der Waals surface area contributed by atoms with Gasteiger partial charge in [0.1, 0.15) is 11.8 Å². The predicted octanol–water partition coefficient (Wildman–Crippen LogP) is 3.56. The van der Waals surface area contributed by atoms with Crippen molar-refractivity contribution in [2.45, 2.75) is 20.8 Å². The zero-order chi connectivity index (χ0) is 12.0. The molecule has 0 aromatic carbocycles. The van der Waals surface area contributed by atoms with E-state index in [1.54, 1.807) is 6.21 Å². The molecule has 0 rings (SSSR count). The average molecular weight is 200 g/mol. The van der Waals surface area contributed by atoms with Gasteiger partial charge in [0.2, 0.25) is 0 Å². The van der Waals surface area contributed by atoms with Crippen molar-refractivity contribution in [3.63, 3.8) is 0 Å². The lowest BCUT2D eigenvalue weighted by atomic mass is 9.98. The molecule has 0 heterocycles. The Morgan fingerprint density at radius 2 is 1.73 bits per heavy atom. The molecular formula is C13H16N2. The minimum Gasteiger partial charge on any atom is -0.246 e. The molecule has 0 N–H and O–H groups in total. The molecule has 0 saturated heterocycles. The molecule has 0 saturated carbocycles. The predicted molar refractivity (Wildman–Crippen MR) is 65.6 cm³/mol. The Morgan fingerprint density at radius 1 is 1.20 bits per heavy atom. The molecule has 15 heavy (non-hydrogen) atoms. The lowest BCUT2D eigenvalue weighted by molar-refractivity contribution is 1.27. The molecule has 0 atom stereocenters. The van der Waals surface area contributed by atoms with E-state index in [2.05, 4.69) is 24.7 Å². The smallest absolute Gasteiger partial charge is 0.133 e. The molecule has 2 nitrogen and oxygen atoms in total. The van der Waals surface area contributed by atoms with Gasteiger partial charge in [0, 0.05) is 6.21 Å². The molecule has 0 aromatic rings. The molecule has 0 aliphatic rings. The van der Waals surface area contributed by atoms with Crippen molar-refractivity contribution in [3.8, 4) is 6.07 Å². The Labute approximate surface area is 91.6 Å². The van der Waals surface area contributed by atoms with E-state index in [0.717, 1.165) is 22.3 Å². The first-order valence-electron chi connectivity index (χ1n) is 4.55. The van der Waals surface area contributed by atoms with E-state index in [1.165, 1.54) is 0 Å². The zero-order valence-electron chi connectivity index (χ0n) is 9.59. The number of hydrogen-bond donors (Lipinski definition) is 0. The average Bonchev–Trinajstić information content (AvgIpc) is 2.12. The molecule has 2 heteroatoms. The fourth-order valence-corrected chi connectivity index (χ4v) is 1.27. The number of hydrogen-bond acceptors (Lipinski definition) is 2. The number of nitrogens with zero attached hydrogens (tertiary/aromatic N) is 2. The first-order valence-corrected chi connectivity index (χ1v) is 4.55. The Bertz CT molecular complexity index is 397. The van der Waals surface area contributed by atoms with Crippen molar-refractivity contribution in [2.75, 3.05) is 0 Å². The van der Waals surface area contributed by atoms with Gasteiger partial charge in [-0.1, -0.05) is 30.9 Å². The molecule has 0 fully saturated rings. The third-order valence-corrected chi connectivity index (χ3v) is 1.75. The molecule has 0 unspecified atom stereocenters. The summed E-state index contributed by atoms with van der Waals surface area (Å²) < 4.78 is 0. The van der Waals surface area contributed by atoms with Crippen LogP contribution in [-0.2, 0) is 0 Å². The van der Waals surface area contributed by atoms with Crippen LogP contribution in [-0.4, -0.2) is 6.21 Å². The molecule has 0 spiro atoms. The lowest BCUT2D eigenvalue weighted by Crippen LogP contribution is -1.94. The van der Waals surface area contributed by atoms with Crippen LogP contribution in [0.4, 0.5) is 0 Å². The van der Waals surface area contributed by atoms with Crippen LogP contribution in [0, 0.1) is 11.3 Å². The standard InChI is InChI=1S/C13H16N2/c1-9(2)13(10(3)4)11(5)8-15-12(6)7-14/h8H,1,5-6H2,2-4H3/b15-8+. The highest BCUT2D eigenvalue weighted by Crippen LogP contribution is 2.19. The van der Waals surface area contributed by atoms with Crippen LogP contribution in [0.5, 0.6) is 0 Å². The fraction of sp³-hybridized carbons (Fsp3) is 0.231. The van der Waals surface area contributed by atoms with Gasteiger partial charge in [0.05, 0.1) is 0 Å². The Morgan fingerprint density at radius 3 is 2.07 bits per heavy atom. The van der Waals surface area contributed by atoms with Gasteiger partial charge in [-0.25, -0.2) is 4.99 Å². The maximum absolute atomic E-state index is 8.48. The summed E-state index contributed by atoms with van der Waals surface area (Å²) in [5, 5.41) is 8.48. The van der Waals surface area contributed by atoms with Crippen molar-refractivity contribution in [3.05, 3.63) is 47.7 Å². The van der Waals surface area contributed by atoms with E-state index >= 15 is 0 Å². The second kappa shape index (κ2) is 5.77. The molecule has 0 aliphatic carbocycles. The van der Waals surface area contributed by atoms with Gasteiger partial charge in [-0.3, -0.25) is 0 Å². The van der Waals surface area contributed by atoms with Gasteiger partial charge in [0.25, 0.3) is 0 Å². The maximum atomic E-state index is 8.48. The number of aliphatic imine (C=N–C) groups is 1. The fourth-order valence-electron chi connectivity index (χ4n) is 1.27. The molecule has 0 bridgehead atoms. The first kappa shape index (κ1) is 13.1. The molecule has 0 radical (unpaired) electrons. The summed E-state index contributed by atoms with van der Waals surface area (Å²) in [7, 11) is 0. The third-order valence-electron chi connectivity index (χ3n) is 1.75. The Balaban J connectivity index is 4.96. The normalized spacial score (nSPS) is 9.47. The molecule has 78 valence electrons. The first-order chi connectivity index (χ1) is 6.90. The Hall–Kier alpha value is -1.88. The van der Waals surface area contributed by atoms with E-state index in [9.17, 15) is 0 Å². The lowest BCUT2D eigenvalue weighted by Gasteiger charge is -2.08. The number of rotatable bonds is 4. The second-order valence-electron chi connectivity index (χ2n) is 3.50. The van der Waals surface area contributed by atoms with E-state index in [-0.39, 0.29) is 5.70 Å². The molecular weight excluding hydrogens is 184 g/mol. The van der Waals surface area contributed by atoms with Crippen LogP contribution >= 0.6 is 0 Å². The van der Waals surface area contributed by atoms with Crippen LogP contribution < -0.4 is 0 Å². The van der Waals surface area contributed by atoms with Gasteiger partial charge >= 0.3 is 0 Å². The van der Waals surface area contributed by atoms with Crippen molar-refractivity contribution in [2.24, 2.45) is 4.99 Å². The van der Waals surface area contributed by atoms with Gasteiger partial charge in [-0.2, -0.15) is 5.26 Å². The summed E-state index contributed by atoms with van der Waals surface area (Å²) in [6.07, 6.45) is 1.54. The van der Waals surface area contributed by atoms with E-state index in [0.29, 0.717) is 0 Å². The summed E-state index contributed by atoms with van der Waals surface area (Å²) in [6.45, 7) is 17.1. The molecule has 0 aromatic heterocycles. The van der Waals surface area contributed by atoms with Gasteiger partial charge in [0.15, 0.2) is 0 Å². The van der Waals surface area contributed by atoms with Crippen molar-refractivity contribution >= 4 is 6.21 Å². The summed E-state index contributed by atoms with van der Waals surface area (Å²) in [5.41, 5.74) is 3.98. The van der Waals surface area contributed by atoms with E-state index < -0.39 is 0 Å². The minimum absolute atomic E-state index is 0.172. The highest BCUT2D eigenvalue weighted by atomic mass is 14.7. The Kier molecular flexibility index (Phi) is 5.04. The molecule has 0 aliphatic heterocycles. The number of allylic oxidation sites excluding steroid dienone is 5. The highest BCUT2D eigenvalue weighted by Gasteiger charge is 2.03. The second-order valence-corrected chi connectivity index (χ2v) is 3.50. The van der Waals surface area contributed by atoms with Crippen molar-refractivity contribution in [1.29, 1.82) is 5.26 Å². The molecule has 0 amide bonds. The monoisotopic (exact) mass is 200 g/mol. The van der Waals surface area contributed by atoms with Crippen molar-refractivity contribution < 1.29 is 0 Å². The highest BCUT2D eigenvalue weighted by molar-refractivity contribution is 5.87. The van der Waals surface area contributed by atoms with Gasteiger partial charge in [-0.05, 0) is 31.9 Å². The van der Waals surface area contributed by atoms with Crippen LogP contribution in [0.15, 0.2) is 52.7 Å². The summed E-state index contributed by atoms with van der Waals surface area (Å²) in [4.78, 5) is 3.87. The third kappa shape index (κ3) is 4.24. The number of nitriles is 1. The van der Waals surface area contributed by atoms with E-state index in [1.807, 2.05) is 26.8 Å². The summed E-state index contributed by atoms with van der Waals surface area (Å²) >= 11 is 0. The SMILES string of the molecule is C=C(C#N)/N=C/C(=C)C(C(=C)C)=C(C)C. The van der Waals surface area contributed by atoms with Gasteiger partial charge < -0.3 is 0 Å². The van der Waals surface area contributed by atoms with Crippen molar-refractivity contribution in [1.82, 2.24) is 0 Å². The quantitative estimate of drug-likeness (QED) is 0.388. The maximum Gasteiger partial charge on any atom is 0.133 e. The van der Waals surface area contributed by atoms with Gasteiger partial charge in [-0.15, -0.1) is 0 Å². The largest absolute Gasteiger partial charge is 0.246 e. The van der Waals surface area contributed by atoms with Crippen LogP contribution in [0.25, 0.3) is 0 Å². The van der Waals surface area contributed by atoms with Crippen LogP contribution in [0.2, 0.25) is 0 Å². The van der Waals surface area contributed by atoms with E-state index in [4.69, 9.17) is 5.26 Å². The minimum atomic E-state index is 0.172. The van der Waals surface area contributed by atoms with Crippen LogP contribution in [0.3, 0.4) is 0 Å². The van der Waals surface area contributed by atoms with Crippen LogP contribution in [0.1, 0.15) is 20.8 Å². The summed E-state index contributed by atoms with van der Waals surface area (Å²) in [6, 6.07) is 1.85. The zero-order valence-corrected chi connectivity index (χ0v) is 9.59. The topological polar surface area (TPSA) is 36.1 Å². The summed E-state index contributed by atoms with van der Waals surface area (Å²) in [5.74, 6) is 0.